The molecule has 0 aromatic rings. The second kappa shape index (κ2) is 2.55. The van der Waals surface area contributed by atoms with Gasteiger partial charge in [-0.15, -0.1) is 0 Å². The molecule has 3 rings (SSSR count). The Labute approximate surface area is 87.7 Å². The van der Waals surface area contributed by atoms with E-state index in [9.17, 15) is 0 Å². The first-order valence-corrected chi connectivity index (χ1v) is 6.28. The van der Waals surface area contributed by atoms with Crippen molar-refractivity contribution < 1.29 is 0 Å². The molecule has 1 saturated heterocycles. The van der Waals surface area contributed by atoms with Gasteiger partial charge in [-0.3, -0.25) is 0 Å². The van der Waals surface area contributed by atoms with Crippen LogP contribution in [-0.4, -0.2) is 12.6 Å². The summed E-state index contributed by atoms with van der Waals surface area (Å²) in [4.78, 5) is 0. The van der Waals surface area contributed by atoms with E-state index in [4.69, 9.17) is 0 Å². The molecule has 0 aromatic heterocycles. The highest BCUT2D eigenvalue weighted by atomic mass is 15.1. The van der Waals surface area contributed by atoms with E-state index in [1.54, 1.807) is 0 Å². The van der Waals surface area contributed by atoms with Gasteiger partial charge in [-0.05, 0) is 48.3 Å². The molecule has 0 radical (unpaired) electrons. The Morgan fingerprint density at radius 2 is 2.00 bits per heavy atom. The highest BCUT2D eigenvalue weighted by molar-refractivity contribution is 5.11. The Morgan fingerprint density at radius 1 is 1.43 bits per heavy atom. The van der Waals surface area contributed by atoms with Gasteiger partial charge in [-0.1, -0.05) is 20.8 Å². The van der Waals surface area contributed by atoms with Crippen molar-refractivity contribution in [3.05, 3.63) is 0 Å². The molecule has 4 atom stereocenters. The SMILES string of the molecule is CC1CC1(C)CC(C)(C1CC1)C1CN1. The maximum Gasteiger partial charge on any atom is 0.0249 e. The van der Waals surface area contributed by atoms with Gasteiger partial charge in [0.1, 0.15) is 0 Å². The molecule has 0 aromatic carbocycles. The van der Waals surface area contributed by atoms with Crippen molar-refractivity contribution in [1.82, 2.24) is 5.32 Å². The van der Waals surface area contributed by atoms with Crippen LogP contribution in [0.5, 0.6) is 0 Å². The van der Waals surface area contributed by atoms with Crippen LogP contribution in [0.15, 0.2) is 0 Å². The van der Waals surface area contributed by atoms with E-state index >= 15 is 0 Å². The molecule has 4 unspecified atom stereocenters. The first-order valence-electron chi connectivity index (χ1n) is 6.28. The average molecular weight is 193 g/mol. The minimum Gasteiger partial charge on any atom is -0.311 e. The van der Waals surface area contributed by atoms with Gasteiger partial charge in [0.2, 0.25) is 0 Å². The van der Waals surface area contributed by atoms with Crippen molar-refractivity contribution in [2.45, 2.75) is 52.5 Å². The summed E-state index contributed by atoms with van der Waals surface area (Å²) in [5.41, 5.74) is 1.33. The third-order valence-electron chi connectivity index (χ3n) is 5.30. The fraction of sp³-hybridized carbons (Fsp3) is 1.00. The van der Waals surface area contributed by atoms with E-state index < -0.39 is 0 Å². The normalized spacial score (nSPS) is 49.9. The maximum atomic E-state index is 3.56. The Morgan fingerprint density at radius 3 is 2.36 bits per heavy atom. The Balaban J connectivity index is 1.72. The quantitative estimate of drug-likeness (QED) is 0.681. The molecule has 2 saturated carbocycles. The molecule has 3 fully saturated rings. The summed E-state index contributed by atoms with van der Waals surface area (Å²) in [5, 5.41) is 3.56. The van der Waals surface area contributed by atoms with Gasteiger partial charge in [0.05, 0.1) is 0 Å². The highest BCUT2D eigenvalue weighted by Crippen LogP contribution is 2.63. The van der Waals surface area contributed by atoms with Crippen LogP contribution >= 0.6 is 0 Å². The van der Waals surface area contributed by atoms with E-state index in [2.05, 4.69) is 26.1 Å². The van der Waals surface area contributed by atoms with Crippen LogP contribution in [0.4, 0.5) is 0 Å². The lowest BCUT2D eigenvalue weighted by Gasteiger charge is -2.32. The Kier molecular flexibility index (Phi) is 1.68. The number of hydrogen-bond acceptors (Lipinski definition) is 1. The van der Waals surface area contributed by atoms with Gasteiger partial charge in [0.25, 0.3) is 0 Å². The zero-order valence-corrected chi connectivity index (χ0v) is 9.77. The van der Waals surface area contributed by atoms with Crippen LogP contribution in [0.1, 0.15) is 46.5 Å². The zero-order chi connectivity index (χ0) is 9.97. The molecule has 0 spiro atoms. The second-order valence-electron chi connectivity index (χ2n) is 6.68. The zero-order valence-electron chi connectivity index (χ0n) is 9.77. The maximum absolute atomic E-state index is 3.56. The molecule has 0 bridgehead atoms. The molecular formula is C13H23N. The minimum atomic E-state index is 0.638. The number of rotatable bonds is 4. The monoisotopic (exact) mass is 193 g/mol. The van der Waals surface area contributed by atoms with E-state index in [1.807, 2.05) is 0 Å². The molecule has 1 nitrogen and oxygen atoms in total. The predicted octanol–water partition coefficient (Wildman–Crippen LogP) is 2.81. The third-order valence-corrected chi connectivity index (χ3v) is 5.30. The van der Waals surface area contributed by atoms with E-state index in [1.165, 1.54) is 32.2 Å². The standard InChI is InChI=1S/C13H23N/c1-9-6-12(9,2)8-13(3,10-4-5-10)11-7-14-11/h9-11,14H,4-8H2,1-3H3. The highest BCUT2D eigenvalue weighted by Gasteiger charge is 2.58. The fourth-order valence-electron chi connectivity index (χ4n) is 3.58. The fourth-order valence-corrected chi connectivity index (χ4v) is 3.58. The summed E-state index contributed by atoms with van der Waals surface area (Å²) in [5.74, 6) is 2.03. The van der Waals surface area contributed by atoms with Gasteiger partial charge in [-0.2, -0.15) is 0 Å². The molecule has 2 aliphatic carbocycles. The van der Waals surface area contributed by atoms with Gasteiger partial charge in [0.15, 0.2) is 0 Å². The van der Waals surface area contributed by atoms with Crippen LogP contribution in [0.25, 0.3) is 0 Å². The lowest BCUT2D eigenvalue weighted by atomic mass is 9.72. The van der Waals surface area contributed by atoms with Crippen LogP contribution in [-0.2, 0) is 0 Å². The van der Waals surface area contributed by atoms with Crippen molar-refractivity contribution in [2.75, 3.05) is 6.54 Å². The molecule has 1 aliphatic heterocycles. The van der Waals surface area contributed by atoms with E-state index in [-0.39, 0.29) is 0 Å². The molecule has 1 heterocycles. The third kappa shape index (κ3) is 1.32. The van der Waals surface area contributed by atoms with Crippen LogP contribution in [0.2, 0.25) is 0 Å². The number of nitrogens with one attached hydrogen (secondary N) is 1. The predicted molar refractivity (Wildman–Crippen MR) is 59.1 cm³/mol. The lowest BCUT2D eigenvalue weighted by Crippen LogP contribution is -2.31. The van der Waals surface area contributed by atoms with Crippen molar-refractivity contribution in [2.24, 2.45) is 22.7 Å². The Hall–Kier alpha value is -0.0400. The molecule has 1 heteroatoms. The summed E-state index contributed by atoms with van der Waals surface area (Å²) in [6, 6.07) is 0.861. The minimum absolute atomic E-state index is 0.638. The largest absolute Gasteiger partial charge is 0.311 e. The summed E-state index contributed by atoms with van der Waals surface area (Å²) in [7, 11) is 0. The summed E-state index contributed by atoms with van der Waals surface area (Å²) < 4.78 is 0. The van der Waals surface area contributed by atoms with Crippen molar-refractivity contribution in [3.63, 3.8) is 0 Å². The molecule has 14 heavy (non-hydrogen) atoms. The van der Waals surface area contributed by atoms with Crippen molar-refractivity contribution in [1.29, 1.82) is 0 Å². The molecule has 80 valence electrons. The van der Waals surface area contributed by atoms with Crippen molar-refractivity contribution >= 4 is 0 Å². The number of hydrogen-bond donors (Lipinski definition) is 1. The van der Waals surface area contributed by atoms with E-state index in [0.717, 1.165) is 17.9 Å². The van der Waals surface area contributed by atoms with Gasteiger partial charge in [-0.25, -0.2) is 0 Å². The molecule has 0 amide bonds. The topological polar surface area (TPSA) is 21.9 Å². The van der Waals surface area contributed by atoms with Gasteiger partial charge in [0, 0.05) is 12.6 Å². The molecule has 1 N–H and O–H groups in total. The summed E-state index contributed by atoms with van der Waals surface area (Å²) in [6.45, 7) is 8.76. The van der Waals surface area contributed by atoms with E-state index in [0.29, 0.717) is 10.8 Å². The summed E-state index contributed by atoms with van der Waals surface area (Å²) >= 11 is 0. The first-order chi connectivity index (χ1) is 6.55. The lowest BCUT2D eigenvalue weighted by molar-refractivity contribution is 0.186. The molecule has 3 aliphatic rings. The van der Waals surface area contributed by atoms with Gasteiger partial charge >= 0.3 is 0 Å². The average Bonchev–Trinajstić information content (AvgIpc) is 2.90. The second-order valence-corrected chi connectivity index (χ2v) is 6.68. The van der Waals surface area contributed by atoms with Crippen molar-refractivity contribution in [3.8, 4) is 0 Å². The molecular weight excluding hydrogens is 170 g/mol. The van der Waals surface area contributed by atoms with Crippen LogP contribution in [0.3, 0.4) is 0 Å². The van der Waals surface area contributed by atoms with Gasteiger partial charge < -0.3 is 5.32 Å². The van der Waals surface area contributed by atoms with Crippen LogP contribution < -0.4 is 5.32 Å². The first kappa shape index (κ1) is 9.21. The Bertz CT molecular complexity index is 240. The smallest absolute Gasteiger partial charge is 0.0249 e. The summed E-state index contributed by atoms with van der Waals surface area (Å²) in [6.07, 6.45) is 5.95. The van der Waals surface area contributed by atoms with Crippen LogP contribution in [0, 0.1) is 22.7 Å².